The number of fused-ring (bicyclic) bond motifs is 1. The second kappa shape index (κ2) is 6.12. The van der Waals surface area contributed by atoms with Crippen molar-refractivity contribution in [1.82, 2.24) is 5.32 Å². The van der Waals surface area contributed by atoms with Crippen LogP contribution in [-0.2, 0) is 12.7 Å². The summed E-state index contributed by atoms with van der Waals surface area (Å²) in [5.74, 6) is 1.34. The van der Waals surface area contributed by atoms with E-state index >= 15 is 0 Å². The van der Waals surface area contributed by atoms with Crippen molar-refractivity contribution in [2.24, 2.45) is 0 Å². The average molecular weight is 323 g/mol. The predicted molar refractivity (Wildman–Crippen MR) is 79.3 cm³/mol. The monoisotopic (exact) mass is 323 g/mol. The molecule has 122 valence electrons. The molecule has 1 N–H and O–H groups in total. The van der Waals surface area contributed by atoms with Crippen LogP contribution >= 0.6 is 0 Å². The van der Waals surface area contributed by atoms with Crippen molar-refractivity contribution in [3.63, 3.8) is 0 Å². The van der Waals surface area contributed by atoms with Gasteiger partial charge in [0.25, 0.3) is 0 Å². The van der Waals surface area contributed by atoms with E-state index in [1.165, 1.54) is 12.1 Å². The fourth-order valence-corrected chi connectivity index (χ4v) is 2.51. The SMILES string of the molecule is CC(NCc1ccccc1C(F)(F)F)c1ccc2c(c1)OCO2. The lowest BCUT2D eigenvalue weighted by Gasteiger charge is -2.17. The summed E-state index contributed by atoms with van der Waals surface area (Å²) in [5, 5.41) is 3.12. The minimum Gasteiger partial charge on any atom is -0.454 e. The first kappa shape index (κ1) is 15.7. The Balaban J connectivity index is 1.71. The van der Waals surface area contributed by atoms with Crippen molar-refractivity contribution in [2.45, 2.75) is 25.7 Å². The van der Waals surface area contributed by atoms with E-state index in [9.17, 15) is 13.2 Å². The number of rotatable bonds is 4. The van der Waals surface area contributed by atoms with Gasteiger partial charge in [0.15, 0.2) is 11.5 Å². The lowest BCUT2D eigenvalue weighted by molar-refractivity contribution is -0.138. The molecule has 0 radical (unpaired) electrons. The molecule has 0 amide bonds. The van der Waals surface area contributed by atoms with Gasteiger partial charge in [-0.15, -0.1) is 0 Å². The highest BCUT2D eigenvalue weighted by Gasteiger charge is 2.32. The molecule has 0 spiro atoms. The molecule has 6 heteroatoms. The van der Waals surface area contributed by atoms with Crippen LogP contribution in [0.25, 0.3) is 0 Å². The van der Waals surface area contributed by atoms with E-state index in [2.05, 4.69) is 5.32 Å². The van der Waals surface area contributed by atoms with E-state index < -0.39 is 11.7 Å². The Morgan fingerprint density at radius 1 is 1.09 bits per heavy atom. The normalized spacial score (nSPS) is 14.8. The van der Waals surface area contributed by atoms with Crippen LogP contribution in [0.2, 0.25) is 0 Å². The molecule has 2 aromatic rings. The minimum absolute atomic E-state index is 0.120. The molecule has 1 unspecified atom stereocenters. The fourth-order valence-electron chi connectivity index (χ4n) is 2.51. The smallest absolute Gasteiger partial charge is 0.416 e. The van der Waals surface area contributed by atoms with Gasteiger partial charge in [0.2, 0.25) is 6.79 Å². The maximum atomic E-state index is 13.0. The van der Waals surface area contributed by atoms with Crippen molar-refractivity contribution in [3.8, 4) is 11.5 Å². The summed E-state index contributed by atoms with van der Waals surface area (Å²) in [5.41, 5.74) is 0.553. The second-order valence-corrected chi connectivity index (χ2v) is 5.37. The Labute approximate surface area is 132 Å². The lowest BCUT2D eigenvalue weighted by Crippen LogP contribution is -2.20. The standard InChI is InChI=1S/C17H16F3NO2/c1-11(12-6-7-15-16(8-12)23-10-22-15)21-9-13-4-2-3-5-14(13)17(18,19)20/h2-8,11,21H,9-10H2,1H3. The zero-order chi connectivity index (χ0) is 16.4. The quantitative estimate of drug-likeness (QED) is 0.911. The molecule has 23 heavy (non-hydrogen) atoms. The highest BCUT2D eigenvalue weighted by atomic mass is 19.4. The van der Waals surface area contributed by atoms with E-state index in [1.807, 2.05) is 19.1 Å². The van der Waals surface area contributed by atoms with Gasteiger partial charge in [-0.05, 0) is 36.2 Å². The molecular weight excluding hydrogens is 307 g/mol. The maximum absolute atomic E-state index is 13.0. The molecule has 1 aliphatic heterocycles. The Morgan fingerprint density at radius 2 is 1.83 bits per heavy atom. The van der Waals surface area contributed by atoms with Crippen LogP contribution in [0.1, 0.15) is 29.7 Å². The second-order valence-electron chi connectivity index (χ2n) is 5.37. The zero-order valence-corrected chi connectivity index (χ0v) is 12.5. The first-order chi connectivity index (χ1) is 10.9. The molecule has 0 bridgehead atoms. The summed E-state index contributed by atoms with van der Waals surface area (Å²) in [4.78, 5) is 0. The largest absolute Gasteiger partial charge is 0.454 e. The van der Waals surface area contributed by atoms with E-state index in [0.717, 1.165) is 11.6 Å². The van der Waals surface area contributed by atoms with Gasteiger partial charge in [-0.3, -0.25) is 0 Å². The van der Waals surface area contributed by atoms with E-state index in [4.69, 9.17) is 9.47 Å². The maximum Gasteiger partial charge on any atom is 0.416 e. The van der Waals surface area contributed by atoms with Crippen molar-refractivity contribution < 1.29 is 22.6 Å². The van der Waals surface area contributed by atoms with Crippen molar-refractivity contribution in [1.29, 1.82) is 0 Å². The summed E-state index contributed by atoms with van der Waals surface area (Å²) < 4.78 is 49.5. The minimum atomic E-state index is -4.35. The Morgan fingerprint density at radius 3 is 2.61 bits per heavy atom. The molecule has 1 heterocycles. The highest BCUT2D eigenvalue weighted by molar-refractivity contribution is 5.45. The summed E-state index contributed by atoms with van der Waals surface area (Å²) >= 11 is 0. The Kier molecular flexibility index (Phi) is 4.17. The number of nitrogens with one attached hydrogen (secondary N) is 1. The van der Waals surface area contributed by atoms with Gasteiger partial charge in [0.05, 0.1) is 5.56 Å². The fraction of sp³-hybridized carbons (Fsp3) is 0.294. The molecule has 0 fully saturated rings. The van der Waals surface area contributed by atoms with Gasteiger partial charge in [-0.1, -0.05) is 24.3 Å². The average Bonchev–Trinajstić information content (AvgIpc) is 2.99. The summed E-state index contributed by atoms with van der Waals surface area (Å²) in [6.07, 6.45) is -4.35. The van der Waals surface area contributed by atoms with Crippen LogP contribution in [-0.4, -0.2) is 6.79 Å². The molecule has 3 rings (SSSR count). The number of halogens is 3. The van der Waals surface area contributed by atoms with Crippen LogP contribution in [0, 0.1) is 0 Å². The van der Waals surface area contributed by atoms with E-state index in [1.54, 1.807) is 12.1 Å². The van der Waals surface area contributed by atoms with Crippen molar-refractivity contribution in [2.75, 3.05) is 6.79 Å². The van der Waals surface area contributed by atoms with Gasteiger partial charge in [-0.2, -0.15) is 13.2 Å². The van der Waals surface area contributed by atoms with Gasteiger partial charge in [0, 0.05) is 12.6 Å². The van der Waals surface area contributed by atoms with Gasteiger partial charge >= 0.3 is 6.18 Å². The van der Waals surface area contributed by atoms with Crippen molar-refractivity contribution >= 4 is 0 Å². The van der Waals surface area contributed by atoms with Crippen LogP contribution in [0.15, 0.2) is 42.5 Å². The number of benzene rings is 2. The topological polar surface area (TPSA) is 30.5 Å². The summed E-state index contributed by atoms with van der Waals surface area (Å²) in [6.45, 7) is 2.22. The van der Waals surface area contributed by atoms with Crippen LogP contribution < -0.4 is 14.8 Å². The number of ether oxygens (including phenoxy) is 2. The van der Waals surface area contributed by atoms with Crippen LogP contribution in [0.3, 0.4) is 0 Å². The third kappa shape index (κ3) is 3.42. The molecule has 3 nitrogen and oxygen atoms in total. The first-order valence-corrected chi connectivity index (χ1v) is 7.23. The third-order valence-corrected chi connectivity index (χ3v) is 3.82. The lowest BCUT2D eigenvalue weighted by atomic mass is 10.0. The molecule has 2 aromatic carbocycles. The molecule has 1 atom stereocenters. The summed E-state index contributed by atoms with van der Waals surface area (Å²) in [6, 6.07) is 11.0. The zero-order valence-electron chi connectivity index (χ0n) is 12.5. The highest BCUT2D eigenvalue weighted by Crippen LogP contribution is 2.35. The summed E-state index contributed by atoms with van der Waals surface area (Å²) in [7, 11) is 0. The predicted octanol–water partition coefficient (Wildman–Crippen LogP) is 4.28. The number of hydrogen-bond acceptors (Lipinski definition) is 3. The molecule has 0 aliphatic carbocycles. The van der Waals surface area contributed by atoms with Crippen molar-refractivity contribution in [3.05, 3.63) is 59.2 Å². The van der Waals surface area contributed by atoms with Gasteiger partial charge in [-0.25, -0.2) is 0 Å². The molecule has 0 saturated heterocycles. The first-order valence-electron chi connectivity index (χ1n) is 7.23. The molecule has 0 saturated carbocycles. The van der Waals surface area contributed by atoms with E-state index in [0.29, 0.717) is 11.5 Å². The Bertz CT molecular complexity index is 700. The number of alkyl halides is 3. The van der Waals surface area contributed by atoms with Gasteiger partial charge in [0.1, 0.15) is 0 Å². The molecule has 1 aliphatic rings. The third-order valence-electron chi connectivity index (χ3n) is 3.82. The number of hydrogen-bond donors (Lipinski definition) is 1. The van der Waals surface area contributed by atoms with E-state index in [-0.39, 0.29) is 24.9 Å². The van der Waals surface area contributed by atoms with Gasteiger partial charge < -0.3 is 14.8 Å². The molecule has 0 aromatic heterocycles. The molecular formula is C17H16F3NO2. The Hall–Kier alpha value is -2.21. The van der Waals surface area contributed by atoms with Crippen LogP contribution in [0.4, 0.5) is 13.2 Å². The van der Waals surface area contributed by atoms with Crippen LogP contribution in [0.5, 0.6) is 11.5 Å².